The quantitative estimate of drug-likeness (QED) is 0.700. The third-order valence-corrected chi connectivity index (χ3v) is 5.11. The summed E-state index contributed by atoms with van der Waals surface area (Å²) in [5, 5.41) is 3.36. The van der Waals surface area contributed by atoms with Crippen molar-refractivity contribution in [2.24, 2.45) is 11.1 Å². The first kappa shape index (κ1) is 14.8. The van der Waals surface area contributed by atoms with Gasteiger partial charge in [0, 0.05) is 19.1 Å². The molecule has 4 nitrogen and oxygen atoms in total. The van der Waals surface area contributed by atoms with E-state index in [1.165, 1.54) is 45.2 Å². The molecule has 1 amide bonds. The summed E-state index contributed by atoms with van der Waals surface area (Å²) in [5.41, 5.74) is 6.00. The minimum atomic E-state index is -0.191. The Hall–Kier alpha value is -0.610. The first-order valence-corrected chi connectivity index (χ1v) is 7.86. The SMILES string of the molecule is CCC1(CC)CCN(CCC(NC2CC2)C(N)=O)C1. The second-order valence-electron chi connectivity index (χ2n) is 6.42. The van der Waals surface area contributed by atoms with E-state index >= 15 is 0 Å². The van der Waals surface area contributed by atoms with Gasteiger partial charge in [0.25, 0.3) is 0 Å². The number of nitrogens with one attached hydrogen (secondary N) is 1. The van der Waals surface area contributed by atoms with Gasteiger partial charge in [0.05, 0.1) is 6.04 Å². The second kappa shape index (κ2) is 6.23. The van der Waals surface area contributed by atoms with E-state index in [-0.39, 0.29) is 11.9 Å². The van der Waals surface area contributed by atoms with E-state index in [1.54, 1.807) is 0 Å². The molecule has 0 spiro atoms. The number of hydrogen-bond acceptors (Lipinski definition) is 3. The zero-order valence-electron chi connectivity index (χ0n) is 12.5. The van der Waals surface area contributed by atoms with Crippen LogP contribution in [0.5, 0.6) is 0 Å². The molecule has 1 aliphatic heterocycles. The van der Waals surface area contributed by atoms with Crippen molar-refractivity contribution in [1.29, 1.82) is 0 Å². The summed E-state index contributed by atoms with van der Waals surface area (Å²) in [7, 11) is 0. The van der Waals surface area contributed by atoms with E-state index in [9.17, 15) is 4.79 Å². The zero-order valence-corrected chi connectivity index (χ0v) is 12.5. The first-order valence-electron chi connectivity index (χ1n) is 7.86. The largest absolute Gasteiger partial charge is 0.368 e. The molecule has 4 heteroatoms. The van der Waals surface area contributed by atoms with Gasteiger partial charge >= 0.3 is 0 Å². The predicted octanol–water partition coefficient (Wildman–Crippen LogP) is 1.49. The fraction of sp³-hybridized carbons (Fsp3) is 0.933. The van der Waals surface area contributed by atoms with Crippen molar-refractivity contribution >= 4 is 5.91 Å². The molecule has 1 saturated carbocycles. The summed E-state index contributed by atoms with van der Waals surface area (Å²) in [4.78, 5) is 14.0. The molecule has 2 fully saturated rings. The van der Waals surface area contributed by atoms with E-state index < -0.39 is 0 Å². The standard InChI is InChI=1S/C15H29N3O/c1-3-15(4-2)8-10-18(11-15)9-7-13(14(16)19)17-12-5-6-12/h12-13,17H,3-11H2,1-2H3,(H2,16,19). The predicted molar refractivity (Wildman–Crippen MR) is 77.8 cm³/mol. The summed E-state index contributed by atoms with van der Waals surface area (Å²) in [6, 6.07) is 0.409. The van der Waals surface area contributed by atoms with Gasteiger partial charge in [-0.1, -0.05) is 13.8 Å². The van der Waals surface area contributed by atoms with Gasteiger partial charge in [-0.15, -0.1) is 0 Å². The molecule has 110 valence electrons. The molecule has 1 heterocycles. The lowest BCUT2D eigenvalue weighted by Crippen LogP contribution is -2.44. The lowest BCUT2D eigenvalue weighted by molar-refractivity contribution is -0.120. The van der Waals surface area contributed by atoms with Crippen LogP contribution >= 0.6 is 0 Å². The normalized spacial score (nSPS) is 24.5. The maximum absolute atomic E-state index is 11.4. The van der Waals surface area contributed by atoms with Gasteiger partial charge < -0.3 is 16.0 Å². The monoisotopic (exact) mass is 267 g/mol. The van der Waals surface area contributed by atoms with Crippen LogP contribution in [0.1, 0.15) is 52.4 Å². The average Bonchev–Trinajstić information content (AvgIpc) is 3.13. The van der Waals surface area contributed by atoms with Gasteiger partial charge in [-0.3, -0.25) is 4.79 Å². The Bertz CT molecular complexity index is 311. The Labute approximate surface area is 117 Å². The number of nitrogens with two attached hydrogens (primary N) is 1. The molecule has 0 aromatic rings. The third kappa shape index (κ3) is 3.93. The van der Waals surface area contributed by atoms with Crippen molar-refractivity contribution in [1.82, 2.24) is 10.2 Å². The van der Waals surface area contributed by atoms with Crippen LogP contribution in [-0.2, 0) is 4.79 Å². The Kier molecular flexibility index (Phi) is 4.85. The highest BCUT2D eigenvalue weighted by atomic mass is 16.1. The van der Waals surface area contributed by atoms with Gasteiger partial charge in [0.2, 0.25) is 5.91 Å². The van der Waals surface area contributed by atoms with Gasteiger partial charge in [0.15, 0.2) is 0 Å². The van der Waals surface area contributed by atoms with Crippen LogP contribution in [0, 0.1) is 5.41 Å². The van der Waals surface area contributed by atoms with Crippen LogP contribution < -0.4 is 11.1 Å². The Morgan fingerprint density at radius 2 is 2.11 bits per heavy atom. The summed E-state index contributed by atoms with van der Waals surface area (Å²) >= 11 is 0. The van der Waals surface area contributed by atoms with E-state index in [0.29, 0.717) is 11.5 Å². The first-order chi connectivity index (χ1) is 9.08. The molecule has 0 radical (unpaired) electrons. The van der Waals surface area contributed by atoms with Crippen LogP contribution in [0.2, 0.25) is 0 Å². The molecule has 1 unspecified atom stereocenters. The molecule has 2 rings (SSSR count). The highest BCUT2D eigenvalue weighted by molar-refractivity contribution is 5.79. The number of nitrogens with zero attached hydrogens (tertiary/aromatic N) is 1. The van der Waals surface area contributed by atoms with Crippen molar-refractivity contribution in [3.63, 3.8) is 0 Å². The van der Waals surface area contributed by atoms with E-state index in [1.807, 2.05) is 0 Å². The van der Waals surface area contributed by atoms with Gasteiger partial charge in [-0.25, -0.2) is 0 Å². The van der Waals surface area contributed by atoms with E-state index in [0.717, 1.165) is 13.0 Å². The Balaban J connectivity index is 1.76. The average molecular weight is 267 g/mol. The number of hydrogen-bond donors (Lipinski definition) is 2. The van der Waals surface area contributed by atoms with Gasteiger partial charge in [0.1, 0.15) is 0 Å². The van der Waals surface area contributed by atoms with Crippen LogP contribution in [0.15, 0.2) is 0 Å². The number of primary amides is 1. The molecule has 1 aliphatic carbocycles. The lowest BCUT2D eigenvalue weighted by atomic mass is 9.82. The lowest BCUT2D eigenvalue weighted by Gasteiger charge is -2.27. The summed E-state index contributed by atoms with van der Waals surface area (Å²) < 4.78 is 0. The van der Waals surface area contributed by atoms with Crippen molar-refractivity contribution in [3.05, 3.63) is 0 Å². The summed E-state index contributed by atoms with van der Waals surface area (Å²) in [6.07, 6.45) is 7.08. The molecule has 0 aromatic carbocycles. The molecule has 2 aliphatic rings. The Morgan fingerprint density at radius 1 is 1.42 bits per heavy atom. The minimum Gasteiger partial charge on any atom is -0.368 e. The fourth-order valence-corrected chi connectivity index (χ4v) is 3.20. The van der Waals surface area contributed by atoms with Crippen LogP contribution in [-0.4, -0.2) is 42.5 Å². The van der Waals surface area contributed by atoms with Crippen LogP contribution in [0.3, 0.4) is 0 Å². The number of carbonyl (C=O) groups excluding carboxylic acids is 1. The number of rotatable bonds is 8. The van der Waals surface area contributed by atoms with Crippen molar-refractivity contribution in [2.45, 2.75) is 64.5 Å². The highest BCUT2D eigenvalue weighted by Gasteiger charge is 2.35. The fourth-order valence-electron chi connectivity index (χ4n) is 3.20. The smallest absolute Gasteiger partial charge is 0.234 e. The number of carbonyl (C=O) groups is 1. The molecule has 3 N–H and O–H groups in total. The zero-order chi connectivity index (χ0) is 13.9. The number of likely N-dealkylation sites (tertiary alicyclic amines) is 1. The number of amides is 1. The van der Waals surface area contributed by atoms with E-state index in [4.69, 9.17) is 5.73 Å². The Morgan fingerprint density at radius 3 is 2.58 bits per heavy atom. The van der Waals surface area contributed by atoms with Crippen molar-refractivity contribution in [2.75, 3.05) is 19.6 Å². The molecular weight excluding hydrogens is 238 g/mol. The molecule has 0 aromatic heterocycles. The van der Waals surface area contributed by atoms with E-state index in [2.05, 4.69) is 24.1 Å². The maximum atomic E-state index is 11.4. The van der Waals surface area contributed by atoms with Crippen molar-refractivity contribution in [3.8, 4) is 0 Å². The molecule has 19 heavy (non-hydrogen) atoms. The third-order valence-electron chi connectivity index (χ3n) is 5.11. The van der Waals surface area contributed by atoms with Gasteiger partial charge in [-0.05, 0) is 50.5 Å². The molecule has 0 bridgehead atoms. The van der Waals surface area contributed by atoms with Crippen LogP contribution in [0.4, 0.5) is 0 Å². The molecule has 1 saturated heterocycles. The highest BCUT2D eigenvalue weighted by Crippen LogP contribution is 2.36. The summed E-state index contributed by atoms with van der Waals surface area (Å²) in [6.45, 7) is 7.96. The molecule has 1 atom stereocenters. The van der Waals surface area contributed by atoms with Gasteiger partial charge in [-0.2, -0.15) is 0 Å². The maximum Gasteiger partial charge on any atom is 0.234 e. The van der Waals surface area contributed by atoms with Crippen molar-refractivity contribution < 1.29 is 4.79 Å². The van der Waals surface area contributed by atoms with Crippen LogP contribution in [0.25, 0.3) is 0 Å². The minimum absolute atomic E-state index is 0.134. The molecular formula is C15H29N3O. The topological polar surface area (TPSA) is 58.4 Å². The summed E-state index contributed by atoms with van der Waals surface area (Å²) in [5.74, 6) is -0.191. The second-order valence-corrected chi connectivity index (χ2v) is 6.42.